The minimum Gasteiger partial charge on any atom is -0.383 e. The summed E-state index contributed by atoms with van der Waals surface area (Å²) >= 11 is 3.45. The third-order valence-corrected chi connectivity index (χ3v) is 3.98. The molecule has 3 rings (SSSR count). The summed E-state index contributed by atoms with van der Waals surface area (Å²) in [4.78, 5) is 0. The molecule has 2 aromatic carbocycles. The number of aryl methyl sites for hydroxylation is 1. The van der Waals surface area contributed by atoms with Gasteiger partial charge in [-0.05, 0) is 54.8 Å². The molecule has 0 saturated heterocycles. The molecule has 0 aliphatic carbocycles. The van der Waals surface area contributed by atoms with Gasteiger partial charge in [0.2, 0.25) is 0 Å². The average Bonchev–Trinajstić information content (AvgIpc) is 2.83. The molecule has 0 aliphatic heterocycles. The number of nitrogens with zero attached hydrogens (tertiary/aromatic N) is 1. The van der Waals surface area contributed by atoms with Crippen LogP contribution in [0.3, 0.4) is 0 Å². The Labute approximate surface area is 127 Å². The molecule has 0 saturated carbocycles. The first-order valence-electron chi connectivity index (χ1n) is 6.77. The van der Waals surface area contributed by atoms with Gasteiger partial charge < -0.3 is 9.88 Å². The van der Waals surface area contributed by atoms with Gasteiger partial charge in [-0.15, -0.1) is 0 Å². The summed E-state index contributed by atoms with van der Waals surface area (Å²) in [7, 11) is 0. The highest BCUT2D eigenvalue weighted by atomic mass is 79.9. The second-order valence-corrected chi connectivity index (χ2v) is 5.92. The molecule has 1 aromatic heterocycles. The Morgan fingerprint density at radius 2 is 1.85 bits per heavy atom. The first-order chi connectivity index (χ1) is 9.72. The van der Waals surface area contributed by atoms with E-state index in [1.165, 1.54) is 16.5 Å². The summed E-state index contributed by atoms with van der Waals surface area (Å²) in [6, 6.07) is 17.1. The Hall–Kier alpha value is -1.74. The molecule has 0 fully saturated rings. The highest BCUT2D eigenvalue weighted by molar-refractivity contribution is 9.10. The van der Waals surface area contributed by atoms with Crippen LogP contribution in [-0.2, 0) is 6.54 Å². The molecule has 0 atom stereocenters. The van der Waals surface area contributed by atoms with E-state index < -0.39 is 0 Å². The number of rotatable bonds is 4. The van der Waals surface area contributed by atoms with Crippen LogP contribution < -0.4 is 5.32 Å². The predicted octanol–water partition coefficient (Wildman–Crippen LogP) is 4.82. The van der Waals surface area contributed by atoms with E-state index in [9.17, 15) is 0 Å². The Morgan fingerprint density at radius 3 is 2.65 bits per heavy atom. The van der Waals surface area contributed by atoms with Crippen LogP contribution in [0.4, 0.5) is 5.69 Å². The van der Waals surface area contributed by atoms with Gasteiger partial charge in [0, 0.05) is 35.0 Å². The van der Waals surface area contributed by atoms with Crippen molar-refractivity contribution >= 4 is 32.5 Å². The van der Waals surface area contributed by atoms with Crippen LogP contribution in [0.1, 0.15) is 5.56 Å². The minimum absolute atomic E-state index is 0.916. The molecule has 0 radical (unpaired) electrons. The zero-order valence-corrected chi connectivity index (χ0v) is 13.0. The first-order valence-corrected chi connectivity index (χ1v) is 7.56. The van der Waals surface area contributed by atoms with Gasteiger partial charge in [0.15, 0.2) is 0 Å². The molecule has 2 nitrogen and oxygen atoms in total. The number of anilines is 1. The average molecular weight is 329 g/mol. The normalized spacial score (nSPS) is 10.9. The molecule has 0 aliphatic rings. The quantitative estimate of drug-likeness (QED) is 0.726. The minimum atomic E-state index is 0.916. The third kappa shape index (κ3) is 2.88. The topological polar surface area (TPSA) is 17.0 Å². The Bertz CT molecular complexity index is 713. The van der Waals surface area contributed by atoms with Crippen LogP contribution >= 0.6 is 15.9 Å². The van der Waals surface area contributed by atoms with E-state index in [1.54, 1.807) is 0 Å². The second-order valence-electron chi connectivity index (χ2n) is 5.01. The van der Waals surface area contributed by atoms with E-state index in [2.05, 4.69) is 87.5 Å². The molecule has 3 heteroatoms. The molecule has 0 unspecified atom stereocenters. The summed E-state index contributed by atoms with van der Waals surface area (Å²) in [6.07, 6.45) is 2.16. The molecular formula is C17H17BrN2. The van der Waals surface area contributed by atoms with Crippen LogP contribution in [0.15, 0.2) is 59.2 Å². The maximum absolute atomic E-state index is 3.45. The Balaban J connectivity index is 1.66. The van der Waals surface area contributed by atoms with Gasteiger partial charge >= 0.3 is 0 Å². The van der Waals surface area contributed by atoms with Crippen LogP contribution in [0.25, 0.3) is 10.9 Å². The maximum Gasteiger partial charge on any atom is 0.0481 e. The van der Waals surface area contributed by atoms with Gasteiger partial charge in [-0.1, -0.05) is 27.6 Å². The van der Waals surface area contributed by atoms with Crippen LogP contribution in [0, 0.1) is 6.92 Å². The number of hydrogen-bond acceptors (Lipinski definition) is 1. The van der Waals surface area contributed by atoms with Gasteiger partial charge in [0.1, 0.15) is 0 Å². The molecule has 0 bridgehead atoms. The summed E-state index contributed by atoms with van der Waals surface area (Å²) in [6.45, 7) is 4.01. The molecule has 1 heterocycles. The summed E-state index contributed by atoms with van der Waals surface area (Å²) < 4.78 is 3.40. The van der Waals surface area contributed by atoms with Gasteiger partial charge in [-0.2, -0.15) is 0 Å². The largest absolute Gasteiger partial charge is 0.383 e. The highest BCUT2D eigenvalue weighted by Gasteiger charge is 2.00. The molecule has 0 amide bonds. The number of nitrogens with one attached hydrogen (secondary N) is 1. The maximum atomic E-state index is 3.45. The van der Waals surface area contributed by atoms with E-state index in [-0.39, 0.29) is 0 Å². The van der Waals surface area contributed by atoms with Crippen molar-refractivity contribution < 1.29 is 0 Å². The van der Waals surface area contributed by atoms with Crippen molar-refractivity contribution in [1.82, 2.24) is 4.57 Å². The Kier molecular flexibility index (Phi) is 3.79. The fraction of sp³-hybridized carbons (Fsp3) is 0.176. The third-order valence-electron chi connectivity index (χ3n) is 3.45. The van der Waals surface area contributed by atoms with Crippen LogP contribution in [0.2, 0.25) is 0 Å². The summed E-state index contributed by atoms with van der Waals surface area (Å²) in [5.74, 6) is 0. The fourth-order valence-corrected chi connectivity index (χ4v) is 2.67. The van der Waals surface area contributed by atoms with Gasteiger partial charge in [0.25, 0.3) is 0 Å². The fourth-order valence-electron chi connectivity index (χ4n) is 2.40. The molecule has 3 aromatic rings. The lowest BCUT2D eigenvalue weighted by Crippen LogP contribution is -2.09. The lowest BCUT2D eigenvalue weighted by Gasteiger charge is -2.09. The van der Waals surface area contributed by atoms with Crippen LogP contribution in [0.5, 0.6) is 0 Å². The van der Waals surface area contributed by atoms with E-state index in [0.29, 0.717) is 0 Å². The first kappa shape index (κ1) is 13.3. The van der Waals surface area contributed by atoms with Crippen LogP contribution in [-0.4, -0.2) is 11.1 Å². The molecule has 1 N–H and O–H groups in total. The van der Waals surface area contributed by atoms with Crippen molar-refractivity contribution in [1.29, 1.82) is 0 Å². The predicted molar refractivity (Wildman–Crippen MR) is 89.3 cm³/mol. The van der Waals surface area contributed by atoms with E-state index in [1.807, 2.05) is 0 Å². The van der Waals surface area contributed by atoms with Crippen molar-refractivity contribution in [2.75, 3.05) is 11.9 Å². The number of halogens is 1. The monoisotopic (exact) mass is 328 g/mol. The number of fused-ring (bicyclic) bond motifs is 1. The summed E-state index contributed by atoms with van der Waals surface area (Å²) in [5.41, 5.74) is 3.76. The van der Waals surface area contributed by atoms with E-state index >= 15 is 0 Å². The molecule has 20 heavy (non-hydrogen) atoms. The molecule has 0 spiro atoms. The number of aromatic nitrogens is 1. The van der Waals surface area contributed by atoms with E-state index in [0.717, 1.165) is 23.2 Å². The van der Waals surface area contributed by atoms with Crippen molar-refractivity contribution in [3.63, 3.8) is 0 Å². The molecule has 102 valence electrons. The highest BCUT2D eigenvalue weighted by Crippen LogP contribution is 2.18. The second kappa shape index (κ2) is 5.71. The Morgan fingerprint density at radius 1 is 1.05 bits per heavy atom. The molecular weight excluding hydrogens is 312 g/mol. The van der Waals surface area contributed by atoms with Gasteiger partial charge in [0.05, 0.1) is 0 Å². The van der Waals surface area contributed by atoms with Crippen molar-refractivity contribution in [3.05, 3.63) is 64.8 Å². The van der Waals surface area contributed by atoms with Crippen molar-refractivity contribution in [3.8, 4) is 0 Å². The van der Waals surface area contributed by atoms with Crippen molar-refractivity contribution in [2.24, 2.45) is 0 Å². The standard InChI is InChI=1S/C17H17BrN2/c1-13-2-7-17-14(12-13)8-10-20(17)11-9-19-16-5-3-15(18)4-6-16/h2-8,10,12,19H,9,11H2,1H3. The lowest BCUT2D eigenvalue weighted by molar-refractivity contribution is 0.757. The zero-order chi connectivity index (χ0) is 13.9. The number of benzene rings is 2. The zero-order valence-electron chi connectivity index (χ0n) is 11.4. The SMILES string of the molecule is Cc1ccc2c(ccn2CCNc2ccc(Br)cc2)c1. The van der Waals surface area contributed by atoms with Gasteiger partial charge in [-0.25, -0.2) is 0 Å². The van der Waals surface area contributed by atoms with Gasteiger partial charge in [-0.3, -0.25) is 0 Å². The summed E-state index contributed by atoms with van der Waals surface area (Å²) in [5, 5.41) is 4.76. The smallest absolute Gasteiger partial charge is 0.0481 e. The van der Waals surface area contributed by atoms with E-state index in [4.69, 9.17) is 0 Å². The lowest BCUT2D eigenvalue weighted by atomic mass is 10.2. The number of hydrogen-bond donors (Lipinski definition) is 1. The van der Waals surface area contributed by atoms with Crippen molar-refractivity contribution in [2.45, 2.75) is 13.5 Å².